The molecule has 0 spiro atoms. The first-order valence-corrected chi connectivity index (χ1v) is 6.68. The van der Waals surface area contributed by atoms with Gasteiger partial charge in [-0.25, -0.2) is 0 Å². The summed E-state index contributed by atoms with van der Waals surface area (Å²) in [5.41, 5.74) is 2.01. The van der Waals surface area contributed by atoms with E-state index in [1.807, 2.05) is 54.6 Å². The van der Waals surface area contributed by atoms with Crippen molar-refractivity contribution in [1.29, 1.82) is 0 Å². The van der Waals surface area contributed by atoms with Gasteiger partial charge in [-0.2, -0.15) is 0 Å². The van der Waals surface area contributed by atoms with Crippen LogP contribution in [-0.4, -0.2) is 6.61 Å². The summed E-state index contributed by atoms with van der Waals surface area (Å²) in [6, 6.07) is 18.0. The minimum absolute atomic E-state index is 0.770. The van der Waals surface area contributed by atoms with Crippen molar-refractivity contribution in [3.63, 3.8) is 0 Å². The molecule has 0 bridgehead atoms. The lowest BCUT2D eigenvalue weighted by Crippen LogP contribution is -1.96. The second kappa shape index (κ2) is 7.28. The van der Waals surface area contributed by atoms with Crippen molar-refractivity contribution in [2.75, 3.05) is 6.61 Å². The van der Waals surface area contributed by atoms with E-state index in [1.54, 1.807) is 0 Å². The van der Waals surface area contributed by atoms with Crippen LogP contribution >= 0.6 is 0 Å². The highest BCUT2D eigenvalue weighted by atomic mass is 16.5. The predicted molar refractivity (Wildman–Crippen MR) is 79.3 cm³/mol. The summed E-state index contributed by atoms with van der Waals surface area (Å²) in [4.78, 5) is 0. The van der Waals surface area contributed by atoms with Crippen LogP contribution < -0.4 is 4.74 Å². The molecule has 0 amide bonds. The van der Waals surface area contributed by atoms with Crippen LogP contribution in [0, 0.1) is 11.8 Å². The van der Waals surface area contributed by atoms with Crippen molar-refractivity contribution < 1.29 is 4.74 Å². The normalized spacial score (nSPS) is 9.53. The summed E-state index contributed by atoms with van der Waals surface area (Å²) >= 11 is 0. The molecule has 1 nitrogen and oxygen atoms in total. The second-order valence-corrected chi connectivity index (χ2v) is 4.35. The van der Waals surface area contributed by atoms with Crippen LogP contribution in [0.15, 0.2) is 54.6 Å². The first-order chi connectivity index (χ1) is 9.38. The average molecular weight is 250 g/mol. The van der Waals surface area contributed by atoms with E-state index in [2.05, 4.69) is 18.8 Å². The molecule has 0 atom stereocenters. The molecule has 0 radical (unpaired) electrons. The van der Waals surface area contributed by atoms with E-state index in [9.17, 15) is 0 Å². The number of ether oxygens (including phenoxy) is 1. The van der Waals surface area contributed by atoms with Crippen LogP contribution in [-0.2, 0) is 0 Å². The highest BCUT2D eigenvalue weighted by Crippen LogP contribution is 2.13. The topological polar surface area (TPSA) is 9.23 Å². The Kier molecular flexibility index (Phi) is 5.07. The third kappa shape index (κ3) is 4.52. The Balaban J connectivity index is 2.05. The molecule has 0 N–H and O–H groups in total. The van der Waals surface area contributed by atoms with E-state index >= 15 is 0 Å². The van der Waals surface area contributed by atoms with E-state index in [-0.39, 0.29) is 0 Å². The van der Waals surface area contributed by atoms with Gasteiger partial charge in [-0.05, 0) is 36.8 Å². The molecule has 0 saturated heterocycles. The van der Waals surface area contributed by atoms with Crippen molar-refractivity contribution in [2.45, 2.75) is 19.8 Å². The molecule has 96 valence electrons. The smallest absolute Gasteiger partial charge is 0.120 e. The van der Waals surface area contributed by atoms with Crippen molar-refractivity contribution in [3.8, 4) is 17.6 Å². The van der Waals surface area contributed by atoms with E-state index in [4.69, 9.17) is 4.74 Å². The molecule has 0 heterocycles. The summed E-state index contributed by atoms with van der Waals surface area (Å²) in [7, 11) is 0. The fourth-order valence-corrected chi connectivity index (χ4v) is 1.66. The van der Waals surface area contributed by atoms with E-state index in [0.29, 0.717) is 0 Å². The lowest BCUT2D eigenvalue weighted by atomic mass is 10.2. The zero-order valence-electron chi connectivity index (χ0n) is 11.2. The lowest BCUT2D eigenvalue weighted by molar-refractivity contribution is 0.309. The number of benzene rings is 2. The Bertz CT molecular complexity index is 561. The summed E-state index contributed by atoms with van der Waals surface area (Å²) < 4.78 is 5.67. The van der Waals surface area contributed by atoms with Gasteiger partial charge in [0.05, 0.1) is 6.61 Å². The summed E-state index contributed by atoms with van der Waals surface area (Å²) in [5, 5.41) is 0. The monoisotopic (exact) mass is 250 g/mol. The molecule has 2 rings (SSSR count). The number of unbranched alkanes of at least 4 members (excludes halogenated alkanes) is 1. The molecule has 1 heteroatoms. The van der Waals surface area contributed by atoms with Gasteiger partial charge in [-0.3, -0.25) is 0 Å². The largest absolute Gasteiger partial charge is 0.494 e. The molecule has 0 unspecified atom stereocenters. The fraction of sp³-hybridized carbons (Fsp3) is 0.222. The van der Waals surface area contributed by atoms with Gasteiger partial charge in [0.15, 0.2) is 0 Å². The van der Waals surface area contributed by atoms with Crippen LogP contribution in [0.5, 0.6) is 5.75 Å². The maximum absolute atomic E-state index is 5.67. The Morgan fingerprint density at radius 1 is 0.895 bits per heavy atom. The summed E-state index contributed by atoms with van der Waals surface area (Å²) in [6.45, 7) is 2.93. The second-order valence-electron chi connectivity index (χ2n) is 4.35. The van der Waals surface area contributed by atoms with Gasteiger partial charge >= 0.3 is 0 Å². The molecule has 2 aromatic rings. The van der Waals surface area contributed by atoms with Crippen molar-refractivity contribution in [1.82, 2.24) is 0 Å². The van der Waals surface area contributed by atoms with Gasteiger partial charge in [0.2, 0.25) is 0 Å². The number of hydrogen-bond acceptors (Lipinski definition) is 1. The van der Waals surface area contributed by atoms with Gasteiger partial charge in [-0.1, -0.05) is 49.5 Å². The van der Waals surface area contributed by atoms with Crippen LogP contribution in [0.2, 0.25) is 0 Å². The molecule has 0 aliphatic carbocycles. The first-order valence-electron chi connectivity index (χ1n) is 6.68. The van der Waals surface area contributed by atoms with E-state index in [0.717, 1.165) is 36.3 Å². The molecule has 0 fully saturated rings. The van der Waals surface area contributed by atoms with Crippen LogP contribution in [0.3, 0.4) is 0 Å². The zero-order valence-corrected chi connectivity index (χ0v) is 11.2. The highest BCUT2D eigenvalue weighted by molar-refractivity contribution is 5.45. The SMILES string of the molecule is CCCCOc1cccc(C#Cc2ccccc2)c1. The summed E-state index contributed by atoms with van der Waals surface area (Å²) in [5.74, 6) is 7.21. The maximum Gasteiger partial charge on any atom is 0.120 e. The molecule has 0 saturated carbocycles. The minimum atomic E-state index is 0.770. The quantitative estimate of drug-likeness (QED) is 0.582. The minimum Gasteiger partial charge on any atom is -0.494 e. The molecular formula is C18H18O. The van der Waals surface area contributed by atoms with Gasteiger partial charge in [0.1, 0.15) is 5.75 Å². The van der Waals surface area contributed by atoms with E-state index < -0.39 is 0 Å². The Morgan fingerprint density at radius 2 is 1.63 bits per heavy atom. The van der Waals surface area contributed by atoms with Crippen LogP contribution in [0.4, 0.5) is 0 Å². The highest BCUT2D eigenvalue weighted by Gasteiger charge is 1.94. The van der Waals surface area contributed by atoms with Gasteiger partial charge in [0.25, 0.3) is 0 Å². The van der Waals surface area contributed by atoms with Crippen molar-refractivity contribution in [3.05, 3.63) is 65.7 Å². The molecule has 19 heavy (non-hydrogen) atoms. The van der Waals surface area contributed by atoms with E-state index in [1.165, 1.54) is 0 Å². The molecular weight excluding hydrogens is 232 g/mol. The zero-order chi connectivity index (χ0) is 13.3. The summed E-state index contributed by atoms with van der Waals surface area (Å²) in [6.07, 6.45) is 2.23. The Labute approximate surface area is 115 Å². The average Bonchev–Trinajstić information content (AvgIpc) is 2.47. The Hall–Kier alpha value is -2.20. The van der Waals surface area contributed by atoms with Gasteiger partial charge in [-0.15, -0.1) is 0 Å². The third-order valence-corrected chi connectivity index (χ3v) is 2.73. The van der Waals surface area contributed by atoms with Gasteiger partial charge in [0, 0.05) is 11.1 Å². The fourth-order valence-electron chi connectivity index (χ4n) is 1.66. The first kappa shape index (κ1) is 13.2. The standard InChI is InChI=1S/C18H18O/c1-2-3-14-19-18-11-7-10-17(15-18)13-12-16-8-5-4-6-9-16/h4-11,15H,2-3,14H2,1H3. The molecule has 0 aromatic heterocycles. The van der Waals surface area contributed by atoms with Crippen LogP contribution in [0.25, 0.3) is 0 Å². The number of hydrogen-bond donors (Lipinski definition) is 0. The maximum atomic E-state index is 5.67. The lowest BCUT2D eigenvalue weighted by Gasteiger charge is -2.04. The third-order valence-electron chi connectivity index (χ3n) is 2.73. The van der Waals surface area contributed by atoms with Crippen molar-refractivity contribution in [2.24, 2.45) is 0 Å². The molecule has 0 aliphatic rings. The molecule has 0 aliphatic heterocycles. The Morgan fingerprint density at radius 3 is 2.42 bits per heavy atom. The molecule has 2 aromatic carbocycles. The van der Waals surface area contributed by atoms with Gasteiger partial charge < -0.3 is 4.74 Å². The number of rotatable bonds is 4. The predicted octanol–water partition coefficient (Wildman–Crippen LogP) is 4.27. The van der Waals surface area contributed by atoms with Crippen LogP contribution in [0.1, 0.15) is 30.9 Å². The van der Waals surface area contributed by atoms with Crippen molar-refractivity contribution >= 4 is 0 Å².